The van der Waals surface area contributed by atoms with Crippen LogP contribution in [0.5, 0.6) is 11.5 Å². The highest BCUT2D eigenvalue weighted by molar-refractivity contribution is 9.10. The molecule has 0 bridgehead atoms. The number of amides is 1. The molecule has 31 heavy (non-hydrogen) atoms. The number of ether oxygens (including phenoxy) is 2. The lowest BCUT2D eigenvalue weighted by Gasteiger charge is -2.28. The normalized spacial score (nSPS) is 16.0. The topological polar surface area (TPSA) is 59.0 Å². The van der Waals surface area contributed by atoms with Crippen LogP contribution in [0.25, 0.3) is 5.57 Å². The van der Waals surface area contributed by atoms with Crippen LogP contribution in [0.4, 0.5) is 0 Å². The molecule has 6 heteroatoms. The minimum Gasteiger partial charge on any atom is -0.503 e. The summed E-state index contributed by atoms with van der Waals surface area (Å²) in [6, 6.07) is 22.4. The van der Waals surface area contributed by atoms with E-state index < -0.39 is 11.9 Å². The highest BCUT2D eigenvalue weighted by Gasteiger charge is 2.41. The largest absolute Gasteiger partial charge is 0.503 e. The van der Waals surface area contributed by atoms with Crippen LogP contribution in [0, 0.1) is 0 Å². The van der Waals surface area contributed by atoms with Crippen molar-refractivity contribution in [3.05, 3.63) is 99.7 Å². The minimum atomic E-state index is -0.435. The number of halogens is 1. The van der Waals surface area contributed by atoms with Crippen LogP contribution < -0.4 is 9.47 Å². The van der Waals surface area contributed by atoms with Crippen molar-refractivity contribution < 1.29 is 19.4 Å². The van der Waals surface area contributed by atoms with Crippen LogP contribution >= 0.6 is 15.9 Å². The van der Waals surface area contributed by atoms with Gasteiger partial charge < -0.3 is 19.5 Å². The van der Waals surface area contributed by atoms with Gasteiger partial charge in [-0.3, -0.25) is 4.79 Å². The van der Waals surface area contributed by atoms with Crippen LogP contribution in [0.15, 0.2) is 83.0 Å². The monoisotopic (exact) mass is 479 g/mol. The van der Waals surface area contributed by atoms with Gasteiger partial charge in [0.05, 0.1) is 26.8 Å². The Hall–Kier alpha value is -3.25. The molecule has 1 amide bonds. The van der Waals surface area contributed by atoms with Gasteiger partial charge in [0.25, 0.3) is 5.91 Å². The molecule has 3 aromatic rings. The smallest absolute Gasteiger partial charge is 0.290 e. The number of carbonyl (C=O) groups is 1. The van der Waals surface area contributed by atoms with E-state index in [1.54, 1.807) is 25.2 Å². The predicted octanol–water partition coefficient (Wildman–Crippen LogP) is 5.52. The summed E-state index contributed by atoms with van der Waals surface area (Å²) in [6.07, 6.45) is 0. The maximum Gasteiger partial charge on any atom is 0.290 e. The lowest BCUT2D eigenvalue weighted by molar-refractivity contribution is -0.130. The SMILES string of the molecule is COc1ccc(CN2C(=O)C(O)=C(c3ccccc3)[C@H]2c2ccc(Br)cc2)c(OC)c1. The van der Waals surface area contributed by atoms with E-state index in [9.17, 15) is 9.90 Å². The summed E-state index contributed by atoms with van der Waals surface area (Å²) in [5.41, 5.74) is 3.14. The average molecular weight is 480 g/mol. The molecule has 1 N–H and O–H groups in total. The maximum absolute atomic E-state index is 13.2. The summed E-state index contributed by atoms with van der Waals surface area (Å²) in [7, 11) is 3.18. The number of benzene rings is 3. The second-order valence-corrected chi connectivity index (χ2v) is 8.11. The molecular formula is C25H22BrNO4. The van der Waals surface area contributed by atoms with E-state index in [2.05, 4.69) is 15.9 Å². The van der Waals surface area contributed by atoms with Crippen LogP contribution in [-0.2, 0) is 11.3 Å². The third-order valence-corrected chi connectivity index (χ3v) is 5.94. The van der Waals surface area contributed by atoms with Gasteiger partial charge in [0.1, 0.15) is 11.5 Å². The molecule has 0 saturated heterocycles. The number of aliphatic hydroxyl groups excluding tert-OH is 1. The van der Waals surface area contributed by atoms with Crippen molar-refractivity contribution >= 4 is 27.4 Å². The molecule has 1 heterocycles. The van der Waals surface area contributed by atoms with Crippen molar-refractivity contribution in [3.63, 3.8) is 0 Å². The highest BCUT2D eigenvalue weighted by Crippen LogP contribution is 2.44. The Labute approximate surface area is 189 Å². The van der Waals surface area contributed by atoms with E-state index in [4.69, 9.17) is 9.47 Å². The maximum atomic E-state index is 13.2. The van der Waals surface area contributed by atoms with Crippen molar-refractivity contribution in [2.45, 2.75) is 12.6 Å². The molecule has 0 aliphatic carbocycles. The second kappa shape index (κ2) is 8.86. The summed E-state index contributed by atoms with van der Waals surface area (Å²) < 4.78 is 11.8. The van der Waals surface area contributed by atoms with E-state index in [0.717, 1.165) is 21.2 Å². The molecule has 0 saturated carbocycles. The van der Waals surface area contributed by atoms with Crippen LogP contribution in [0.2, 0.25) is 0 Å². The fraction of sp³-hybridized carbons (Fsp3) is 0.160. The van der Waals surface area contributed by atoms with E-state index in [1.807, 2.05) is 66.7 Å². The Morgan fingerprint density at radius 3 is 2.32 bits per heavy atom. The molecule has 5 nitrogen and oxygen atoms in total. The number of rotatable bonds is 6. The van der Waals surface area contributed by atoms with E-state index in [0.29, 0.717) is 17.1 Å². The number of methoxy groups -OCH3 is 2. The molecule has 4 rings (SSSR count). The Morgan fingerprint density at radius 1 is 0.968 bits per heavy atom. The van der Waals surface area contributed by atoms with Crippen LogP contribution in [0.1, 0.15) is 22.7 Å². The van der Waals surface area contributed by atoms with Crippen LogP contribution in [-0.4, -0.2) is 30.1 Å². The molecule has 158 valence electrons. The second-order valence-electron chi connectivity index (χ2n) is 7.19. The lowest BCUT2D eigenvalue weighted by atomic mass is 9.93. The summed E-state index contributed by atoms with van der Waals surface area (Å²) >= 11 is 3.47. The van der Waals surface area contributed by atoms with Gasteiger partial charge in [-0.05, 0) is 35.4 Å². The first-order chi connectivity index (χ1) is 15.0. The molecule has 0 spiro atoms. The zero-order valence-electron chi connectivity index (χ0n) is 17.2. The zero-order chi connectivity index (χ0) is 22.0. The van der Waals surface area contributed by atoms with E-state index in [1.165, 1.54) is 0 Å². The molecule has 1 aliphatic heterocycles. The zero-order valence-corrected chi connectivity index (χ0v) is 18.8. The Morgan fingerprint density at radius 2 is 1.68 bits per heavy atom. The van der Waals surface area contributed by atoms with Crippen molar-refractivity contribution in [2.75, 3.05) is 14.2 Å². The number of hydrogen-bond acceptors (Lipinski definition) is 4. The fourth-order valence-electron chi connectivity index (χ4n) is 3.89. The van der Waals surface area contributed by atoms with Crippen LogP contribution in [0.3, 0.4) is 0 Å². The first-order valence-electron chi connectivity index (χ1n) is 9.79. The van der Waals surface area contributed by atoms with Crippen molar-refractivity contribution in [1.82, 2.24) is 4.90 Å². The molecular weight excluding hydrogens is 458 g/mol. The van der Waals surface area contributed by atoms with Gasteiger partial charge in [-0.15, -0.1) is 0 Å². The van der Waals surface area contributed by atoms with Gasteiger partial charge >= 0.3 is 0 Å². The molecule has 1 atom stereocenters. The third-order valence-electron chi connectivity index (χ3n) is 5.41. The van der Waals surface area contributed by atoms with Gasteiger partial charge in [0.2, 0.25) is 0 Å². The predicted molar refractivity (Wildman–Crippen MR) is 123 cm³/mol. The van der Waals surface area contributed by atoms with Crippen molar-refractivity contribution in [2.24, 2.45) is 0 Å². The average Bonchev–Trinajstić information content (AvgIpc) is 3.05. The number of aliphatic hydroxyl groups is 1. The molecule has 1 aliphatic rings. The van der Waals surface area contributed by atoms with Gasteiger partial charge in [0.15, 0.2) is 5.76 Å². The highest BCUT2D eigenvalue weighted by atomic mass is 79.9. The lowest BCUT2D eigenvalue weighted by Crippen LogP contribution is -2.30. The van der Waals surface area contributed by atoms with E-state index >= 15 is 0 Å². The van der Waals surface area contributed by atoms with Crippen molar-refractivity contribution in [3.8, 4) is 11.5 Å². The summed E-state index contributed by atoms with van der Waals surface area (Å²) in [5, 5.41) is 10.9. The Balaban J connectivity index is 1.80. The third kappa shape index (κ3) is 4.03. The molecule has 0 unspecified atom stereocenters. The minimum absolute atomic E-state index is 0.230. The summed E-state index contributed by atoms with van der Waals surface area (Å²) in [4.78, 5) is 14.9. The van der Waals surface area contributed by atoms with Gasteiger partial charge in [-0.25, -0.2) is 0 Å². The number of nitrogens with zero attached hydrogens (tertiary/aromatic N) is 1. The molecule has 3 aromatic carbocycles. The van der Waals surface area contributed by atoms with E-state index in [-0.39, 0.29) is 12.3 Å². The molecule has 0 fully saturated rings. The Kier molecular flexibility index (Phi) is 6.00. The van der Waals surface area contributed by atoms with Gasteiger partial charge in [-0.2, -0.15) is 0 Å². The molecule has 0 radical (unpaired) electrons. The Bertz CT molecular complexity index is 1130. The summed E-state index contributed by atoms with van der Waals surface area (Å²) in [6.45, 7) is 0.271. The number of carbonyl (C=O) groups excluding carboxylic acids is 1. The number of hydrogen-bond donors (Lipinski definition) is 1. The quantitative estimate of drug-likeness (QED) is 0.505. The first-order valence-corrected chi connectivity index (χ1v) is 10.6. The summed E-state index contributed by atoms with van der Waals surface area (Å²) in [5.74, 6) is 0.648. The fourth-order valence-corrected chi connectivity index (χ4v) is 4.15. The van der Waals surface area contributed by atoms with Gasteiger partial charge in [-0.1, -0.05) is 58.4 Å². The molecule has 0 aromatic heterocycles. The standard InChI is InChI=1S/C25H22BrNO4/c1-30-20-13-10-18(21(14-20)31-2)15-27-23(17-8-11-19(26)12-9-17)22(24(28)25(27)29)16-6-4-3-5-7-16/h3-14,23,28H,15H2,1-2H3/t23-/m1/s1. The first kappa shape index (κ1) is 21.0. The van der Waals surface area contributed by atoms with Crippen molar-refractivity contribution in [1.29, 1.82) is 0 Å². The van der Waals surface area contributed by atoms with Gasteiger partial charge in [0, 0.05) is 21.7 Å².